The fraction of sp³-hybridized carbons (Fsp3) is 0.462. The van der Waals surface area contributed by atoms with Crippen molar-refractivity contribution in [2.24, 2.45) is 5.92 Å². The van der Waals surface area contributed by atoms with Gasteiger partial charge in [0, 0.05) is 37.3 Å². The molecule has 112 valence electrons. The molecule has 0 N–H and O–H groups in total. The van der Waals surface area contributed by atoms with Crippen LogP contribution in [0.25, 0.3) is 0 Å². The standard InChI is InChI=1S/C13H14F2N4OS/c14-13(15)19-5-2-10(17-19)12(20)18-4-1-9(8-18)7-11-16-3-6-21-11/h2-3,5-6,9,13H,1,4,7-8H2/t9-/m1/s1. The summed E-state index contributed by atoms with van der Waals surface area (Å²) in [6.07, 6.45) is 4.66. The van der Waals surface area contributed by atoms with Gasteiger partial charge in [-0.15, -0.1) is 11.3 Å². The van der Waals surface area contributed by atoms with Gasteiger partial charge in [0.2, 0.25) is 0 Å². The molecular weight excluding hydrogens is 298 g/mol. The van der Waals surface area contributed by atoms with Crippen LogP contribution in [0.2, 0.25) is 0 Å². The van der Waals surface area contributed by atoms with Gasteiger partial charge in [-0.05, 0) is 18.4 Å². The minimum absolute atomic E-state index is 0.0743. The smallest absolute Gasteiger partial charge is 0.333 e. The van der Waals surface area contributed by atoms with Crippen molar-refractivity contribution >= 4 is 17.2 Å². The van der Waals surface area contributed by atoms with Gasteiger partial charge in [-0.1, -0.05) is 0 Å². The Bertz CT molecular complexity index is 613. The molecule has 8 heteroatoms. The molecule has 1 saturated heterocycles. The van der Waals surface area contributed by atoms with E-state index < -0.39 is 6.55 Å². The molecule has 1 amide bonds. The minimum Gasteiger partial charge on any atom is -0.337 e. The lowest BCUT2D eigenvalue weighted by Gasteiger charge is -2.14. The first-order valence-electron chi connectivity index (χ1n) is 6.64. The van der Waals surface area contributed by atoms with E-state index in [1.54, 1.807) is 22.4 Å². The van der Waals surface area contributed by atoms with E-state index in [9.17, 15) is 13.6 Å². The molecule has 1 fully saturated rings. The van der Waals surface area contributed by atoms with Gasteiger partial charge < -0.3 is 4.90 Å². The van der Waals surface area contributed by atoms with Crippen LogP contribution in [-0.2, 0) is 6.42 Å². The van der Waals surface area contributed by atoms with Crippen LogP contribution in [0.3, 0.4) is 0 Å². The second-order valence-corrected chi connectivity index (χ2v) is 5.97. The molecule has 0 spiro atoms. The van der Waals surface area contributed by atoms with E-state index in [1.807, 2.05) is 5.38 Å². The van der Waals surface area contributed by atoms with Gasteiger partial charge in [0.05, 0.1) is 5.01 Å². The highest BCUT2D eigenvalue weighted by Crippen LogP contribution is 2.23. The van der Waals surface area contributed by atoms with Gasteiger partial charge in [0.1, 0.15) is 0 Å². The van der Waals surface area contributed by atoms with Crippen LogP contribution in [-0.4, -0.2) is 38.7 Å². The Labute approximate surface area is 124 Å². The second kappa shape index (κ2) is 5.88. The van der Waals surface area contributed by atoms with E-state index >= 15 is 0 Å². The Kier molecular flexibility index (Phi) is 3.96. The summed E-state index contributed by atoms with van der Waals surface area (Å²) >= 11 is 1.61. The summed E-state index contributed by atoms with van der Waals surface area (Å²) in [7, 11) is 0. The zero-order valence-corrected chi connectivity index (χ0v) is 12.0. The molecule has 1 atom stereocenters. The maximum absolute atomic E-state index is 12.5. The normalized spacial score (nSPS) is 18.6. The molecule has 0 saturated carbocycles. The largest absolute Gasteiger partial charge is 0.337 e. The van der Waals surface area contributed by atoms with Crippen LogP contribution in [0.4, 0.5) is 8.78 Å². The van der Waals surface area contributed by atoms with Crippen molar-refractivity contribution < 1.29 is 13.6 Å². The zero-order chi connectivity index (χ0) is 14.8. The van der Waals surface area contributed by atoms with E-state index in [1.165, 1.54) is 6.07 Å². The summed E-state index contributed by atoms with van der Waals surface area (Å²) < 4.78 is 25.4. The summed E-state index contributed by atoms with van der Waals surface area (Å²) in [5, 5.41) is 6.62. The van der Waals surface area contributed by atoms with Crippen LogP contribution in [0.5, 0.6) is 0 Å². The maximum Gasteiger partial charge on any atom is 0.333 e. The Morgan fingerprint density at radius 2 is 2.38 bits per heavy atom. The third kappa shape index (κ3) is 3.10. The van der Waals surface area contributed by atoms with E-state index in [-0.39, 0.29) is 11.6 Å². The van der Waals surface area contributed by atoms with Crippen LogP contribution in [0.15, 0.2) is 23.8 Å². The molecule has 0 aromatic carbocycles. The number of amides is 1. The van der Waals surface area contributed by atoms with Crippen LogP contribution < -0.4 is 0 Å². The van der Waals surface area contributed by atoms with Crippen molar-refractivity contribution in [3.8, 4) is 0 Å². The van der Waals surface area contributed by atoms with Gasteiger partial charge in [0.25, 0.3) is 5.91 Å². The lowest BCUT2D eigenvalue weighted by Crippen LogP contribution is -2.29. The fourth-order valence-electron chi connectivity index (χ4n) is 2.51. The van der Waals surface area contributed by atoms with Crippen molar-refractivity contribution in [2.75, 3.05) is 13.1 Å². The maximum atomic E-state index is 12.5. The van der Waals surface area contributed by atoms with Crippen LogP contribution in [0, 0.1) is 5.92 Å². The average molecular weight is 312 g/mol. The average Bonchev–Trinajstić information content (AvgIpc) is 3.20. The molecule has 0 unspecified atom stereocenters. The van der Waals surface area contributed by atoms with E-state index in [4.69, 9.17) is 0 Å². The molecule has 3 rings (SSSR count). The van der Waals surface area contributed by atoms with Crippen LogP contribution >= 0.6 is 11.3 Å². The van der Waals surface area contributed by atoms with Crippen molar-refractivity contribution in [3.05, 3.63) is 34.5 Å². The molecule has 0 aliphatic carbocycles. The number of halogens is 2. The Hall–Kier alpha value is -1.83. The van der Waals surface area contributed by atoms with Gasteiger partial charge in [-0.25, -0.2) is 9.67 Å². The summed E-state index contributed by atoms with van der Waals surface area (Å²) in [5.74, 6) is 0.0910. The topological polar surface area (TPSA) is 51.0 Å². The second-order valence-electron chi connectivity index (χ2n) is 4.99. The minimum atomic E-state index is -2.72. The first-order valence-corrected chi connectivity index (χ1v) is 7.52. The number of hydrogen-bond acceptors (Lipinski definition) is 4. The molecule has 3 heterocycles. The summed E-state index contributed by atoms with van der Waals surface area (Å²) in [5.41, 5.74) is 0.0743. The molecule has 0 bridgehead atoms. The molecule has 1 aliphatic heterocycles. The third-order valence-corrected chi connectivity index (χ3v) is 4.35. The number of carbonyl (C=O) groups excluding carboxylic acids is 1. The van der Waals surface area contributed by atoms with Crippen molar-refractivity contribution in [3.63, 3.8) is 0 Å². The Morgan fingerprint density at radius 3 is 3.05 bits per heavy atom. The first kappa shape index (κ1) is 14.1. The highest BCUT2D eigenvalue weighted by Gasteiger charge is 2.29. The van der Waals surface area contributed by atoms with Gasteiger partial charge >= 0.3 is 6.55 Å². The molecule has 2 aromatic heterocycles. The number of nitrogens with zero attached hydrogens (tertiary/aromatic N) is 4. The predicted octanol–water partition coefficient (Wildman–Crippen LogP) is 2.44. The van der Waals surface area contributed by atoms with Crippen molar-refractivity contribution in [2.45, 2.75) is 19.4 Å². The summed E-state index contributed by atoms with van der Waals surface area (Å²) in [6, 6.07) is 1.34. The fourth-order valence-corrected chi connectivity index (χ4v) is 3.24. The quantitative estimate of drug-likeness (QED) is 0.871. The van der Waals surface area contributed by atoms with E-state index in [0.717, 1.165) is 24.0 Å². The summed E-state index contributed by atoms with van der Waals surface area (Å²) in [4.78, 5) is 18.1. The monoisotopic (exact) mass is 312 g/mol. The number of rotatable bonds is 4. The number of likely N-dealkylation sites (tertiary alicyclic amines) is 1. The Balaban J connectivity index is 1.61. The van der Waals surface area contributed by atoms with Gasteiger partial charge in [0.15, 0.2) is 5.69 Å². The lowest BCUT2D eigenvalue weighted by molar-refractivity contribution is 0.0553. The molecule has 2 aromatic rings. The number of aromatic nitrogens is 3. The predicted molar refractivity (Wildman–Crippen MR) is 73.3 cm³/mol. The highest BCUT2D eigenvalue weighted by molar-refractivity contribution is 7.09. The van der Waals surface area contributed by atoms with Crippen LogP contribution in [0.1, 0.15) is 28.5 Å². The summed E-state index contributed by atoms with van der Waals surface area (Å²) in [6.45, 7) is -1.46. The number of hydrogen-bond donors (Lipinski definition) is 0. The van der Waals surface area contributed by atoms with Gasteiger partial charge in [-0.3, -0.25) is 4.79 Å². The molecular formula is C13H14F2N4OS. The highest BCUT2D eigenvalue weighted by atomic mass is 32.1. The zero-order valence-electron chi connectivity index (χ0n) is 11.2. The Morgan fingerprint density at radius 1 is 1.52 bits per heavy atom. The lowest BCUT2D eigenvalue weighted by atomic mass is 10.1. The molecule has 5 nitrogen and oxygen atoms in total. The van der Waals surface area contributed by atoms with Crippen molar-refractivity contribution in [1.82, 2.24) is 19.7 Å². The number of carbonyl (C=O) groups is 1. The molecule has 1 aliphatic rings. The third-order valence-electron chi connectivity index (χ3n) is 3.55. The van der Waals surface area contributed by atoms with E-state index in [2.05, 4.69) is 10.1 Å². The van der Waals surface area contributed by atoms with Crippen molar-refractivity contribution in [1.29, 1.82) is 0 Å². The SMILES string of the molecule is O=C(c1ccn(C(F)F)n1)N1CC[C@H](Cc2nccs2)C1. The van der Waals surface area contributed by atoms with E-state index in [0.29, 0.717) is 23.7 Å². The molecule has 21 heavy (non-hydrogen) atoms. The number of alkyl halides is 2. The van der Waals surface area contributed by atoms with Gasteiger partial charge in [-0.2, -0.15) is 13.9 Å². The number of thiazole rings is 1. The molecule has 0 radical (unpaired) electrons. The first-order chi connectivity index (χ1) is 10.1.